The lowest BCUT2D eigenvalue weighted by Gasteiger charge is -2.24. The standard InChI is InChI=1S/C14H21N3O/c1-3-17-13-7-5-4-6-11(13)12(16-17)8-14(2,9-15)10-18/h4-7,18H,3,8-10,15H2,1-2H3. The molecule has 0 aliphatic heterocycles. The molecule has 1 aromatic carbocycles. The van der Waals surface area contributed by atoms with Gasteiger partial charge in [0.25, 0.3) is 0 Å². The maximum absolute atomic E-state index is 9.47. The van der Waals surface area contributed by atoms with Gasteiger partial charge in [-0.15, -0.1) is 0 Å². The van der Waals surface area contributed by atoms with Gasteiger partial charge in [0.15, 0.2) is 0 Å². The van der Waals surface area contributed by atoms with Crippen LogP contribution in [0.15, 0.2) is 24.3 Å². The van der Waals surface area contributed by atoms with E-state index in [2.05, 4.69) is 24.2 Å². The largest absolute Gasteiger partial charge is 0.396 e. The Bertz CT molecular complexity index is 529. The number of fused-ring (bicyclic) bond motifs is 1. The number of aliphatic hydroxyl groups is 1. The molecule has 3 N–H and O–H groups in total. The van der Waals surface area contributed by atoms with E-state index in [4.69, 9.17) is 5.73 Å². The maximum Gasteiger partial charge on any atom is 0.0710 e. The van der Waals surface area contributed by atoms with E-state index in [0.717, 1.165) is 23.1 Å². The number of nitrogens with two attached hydrogens (primary N) is 1. The molecule has 0 saturated carbocycles. The minimum Gasteiger partial charge on any atom is -0.396 e. The lowest BCUT2D eigenvalue weighted by Crippen LogP contribution is -2.33. The van der Waals surface area contributed by atoms with E-state index in [1.54, 1.807) is 0 Å². The molecule has 1 aromatic heterocycles. The summed E-state index contributed by atoms with van der Waals surface area (Å²) in [7, 11) is 0. The molecule has 1 heterocycles. The number of hydrogen-bond donors (Lipinski definition) is 2. The zero-order chi connectivity index (χ0) is 13.2. The third kappa shape index (κ3) is 2.26. The van der Waals surface area contributed by atoms with Crippen LogP contribution >= 0.6 is 0 Å². The van der Waals surface area contributed by atoms with Crippen molar-refractivity contribution in [1.82, 2.24) is 9.78 Å². The molecule has 1 unspecified atom stereocenters. The third-order valence-electron chi connectivity index (χ3n) is 3.50. The smallest absolute Gasteiger partial charge is 0.0710 e. The number of aromatic nitrogens is 2. The average Bonchev–Trinajstić information content (AvgIpc) is 2.77. The Kier molecular flexibility index (Phi) is 3.68. The highest BCUT2D eigenvalue weighted by Gasteiger charge is 2.25. The highest BCUT2D eigenvalue weighted by molar-refractivity contribution is 5.82. The summed E-state index contributed by atoms with van der Waals surface area (Å²) in [4.78, 5) is 0. The van der Waals surface area contributed by atoms with Gasteiger partial charge >= 0.3 is 0 Å². The fourth-order valence-corrected chi connectivity index (χ4v) is 2.16. The molecule has 0 amide bonds. The van der Waals surface area contributed by atoms with E-state index in [1.807, 2.05) is 23.7 Å². The second-order valence-corrected chi connectivity index (χ2v) is 5.13. The Morgan fingerprint density at radius 2 is 2.11 bits per heavy atom. The van der Waals surface area contributed by atoms with Crippen LogP contribution in [0.2, 0.25) is 0 Å². The second kappa shape index (κ2) is 5.08. The molecule has 0 aliphatic carbocycles. The molecule has 0 radical (unpaired) electrons. The van der Waals surface area contributed by atoms with E-state index in [-0.39, 0.29) is 12.0 Å². The highest BCUT2D eigenvalue weighted by Crippen LogP contribution is 2.26. The molecular formula is C14H21N3O. The SMILES string of the molecule is CCn1nc(CC(C)(CN)CO)c2ccccc21. The Labute approximate surface area is 107 Å². The Morgan fingerprint density at radius 1 is 1.39 bits per heavy atom. The van der Waals surface area contributed by atoms with Crippen molar-refractivity contribution in [2.45, 2.75) is 26.8 Å². The van der Waals surface area contributed by atoms with Crippen LogP contribution in [0.1, 0.15) is 19.5 Å². The average molecular weight is 247 g/mol. The van der Waals surface area contributed by atoms with Gasteiger partial charge in [-0.1, -0.05) is 25.1 Å². The Balaban J connectivity index is 2.45. The number of hydrogen-bond acceptors (Lipinski definition) is 3. The van der Waals surface area contributed by atoms with Crippen molar-refractivity contribution in [2.24, 2.45) is 11.1 Å². The van der Waals surface area contributed by atoms with Gasteiger partial charge in [-0.25, -0.2) is 0 Å². The van der Waals surface area contributed by atoms with Gasteiger partial charge in [-0.3, -0.25) is 4.68 Å². The number of para-hydroxylation sites is 1. The van der Waals surface area contributed by atoms with Crippen LogP contribution in [-0.2, 0) is 13.0 Å². The van der Waals surface area contributed by atoms with E-state index in [9.17, 15) is 5.11 Å². The molecule has 0 saturated heterocycles. The maximum atomic E-state index is 9.47. The molecule has 18 heavy (non-hydrogen) atoms. The van der Waals surface area contributed by atoms with Crippen LogP contribution < -0.4 is 5.73 Å². The molecule has 0 aliphatic rings. The first-order chi connectivity index (χ1) is 8.63. The van der Waals surface area contributed by atoms with E-state index in [1.165, 1.54) is 0 Å². The normalized spacial score (nSPS) is 14.9. The van der Waals surface area contributed by atoms with E-state index < -0.39 is 0 Å². The van der Waals surface area contributed by atoms with Gasteiger partial charge in [0.05, 0.1) is 17.8 Å². The summed E-state index contributed by atoms with van der Waals surface area (Å²) in [6.45, 7) is 5.46. The van der Waals surface area contributed by atoms with Crippen molar-refractivity contribution >= 4 is 10.9 Å². The van der Waals surface area contributed by atoms with Crippen LogP contribution in [0.3, 0.4) is 0 Å². The van der Waals surface area contributed by atoms with Crippen molar-refractivity contribution in [3.8, 4) is 0 Å². The molecule has 0 bridgehead atoms. The number of nitrogens with zero attached hydrogens (tertiary/aromatic N) is 2. The van der Waals surface area contributed by atoms with E-state index >= 15 is 0 Å². The highest BCUT2D eigenvalue weighted by atomic mass is 16.3. The number of aliphatic hydroxyl groups excluding tert-OH is 1. The van der Waals surface area contributed by atoms with Crippen molar-refractivity contribution < 1.29 is 5.11 Å². The summed E-state index contributed by atoms with van der Waals surface area (Å²) in [5, 5.41) is 15.3. The second-order valence-electron chi connectivity index (χ2n) is 5.13. The zero-order valence-corrected chi connectivity index (χ0v) is 11.1. The predicted octanol–water partition coefficient (Wildman–Crippen LogP) is 1.56. The zero-order valence-electron chi connectivity index (χ0n) is 11.1. The first kappa shape index (κ1) is 13.1. The van der Waals surface area contributed by atoms with Crippen molar-refractivity contribution in [3.05, 3.63) is 30.0 Å². The predicted molar refractivity (Wildman–Crippen MR) is 73.4 cm³/mol. The van der Waals surface area contributed by atoms with Crippen LogP contribution in [0.4, 0.5) is 0 Å². The monoisotopic (exact) mass is 247 g/mol. The van der Waals surface area contributed by atoms with Gasteiger partial charge in [0.2, 0.25) is 0 Å². The molecule has 2 aromatic rings. The first-order valence-corrected chi connectivity index (χ1v) is 6.39. The van der Waals surface area contributed by atoms with Crippen molar-refractivity contribution in [3.63, 3.8) is 0 Å². The van der Waals surface area contributed by atoms with Crippen LogP contribution in [0.5, 0.6) is 0 Å². The van der Waals surface area contributed by atoms with Crippen LogP contribution in [0.25, 0.3) is 10.9 Å². The summed E-state index contributed by atoms with van der Waals surface area (Å²) < 4.78 is 2.00. The molecular weight excluding hydrogens is 226 g/mol. The van der Waals surface area contributed by atoms with Gasteiger partial charge in [-0.2, -0.15) is 5.10 Å². The first-order valence-electron chi connectivity index (χ1n) is 6.39. The minimum atomic E-state index is -0.296. The lowest BCUT2D eigenvalue weighted by molar-refractivity contribution is 0.148. The van der Waals surface area contributed by atoms with Crippen LogP contribution in [-0.4, -0.2) is 28.0 Å². The number of benzene rings is 1. The molecule has 4 nitrogen and oxygen atoms in total. The fourth-order valence-electron chi connectivity index (χ4n) is 2.16. The quantitative estimate of drug-likeness (QED) is 0.842. The molecule has 2 rings (SSSR count). The van der Waals surface area contributed by atoms with E-state index in [0.29, 0.717) is 13.0 Å². The van der Waals surface area contributed by atoms with Crippen molar-refractivity contribution in [1.29, 1.82) is 0 Å². The molecule has 98 valence electrons. The summed E-state index contributed by atoms with van der Waals surface area (Å²) >= 11 is 0. The lowest BCUT2D eigenvalue weighted by atomic mass is 9.86. The Hall–Kier alpha value is -1.39. The third-order valence-corrected chi connectivity index (χ3v) is 3.50. The Morgan fingerprint density at radius 3 is 2.72 bits per heavy atom. The van der Waals surface area contributed by atoms with Gasteiger partial charge in [0, 0.05) is 30.3 Å². The number of aryl methyl sites for hydroxylation is 1. The summed E-state index contributed by atoms with van der Waals surface area (Å²) in [5.74, 6) is 0. The van der Waals surface area contributed by atoms with Gasteiger partial charge in [0.1, 0.15) is 0 Å². The van der Waals surface area contributed by atoms with Crippen molar-refractivity contribution in [2.75, 3.05) is 13.2 Å². The number of rotatable bonds is 5. The van der Waals surface area contributed by atoms with Crippen LogP contribution in [0, 0.1) is 5.41 Å². The summed E-state index contributed by atoms with van der Waals surface area (Å²) in [5.41, 5.74) is 7.63. The van der Waals surface area contributed by atoms with Gasteiger partial charge in [-0.05, 0) is 13.0 Å². The molecule has 0 spiro atoms. The molecule has 1 atom stereocenters. The molecule has 0 fully saturated rings. The van der Waals surface area contributed by atoms with Gasteiger partial charge < -0.3 is 10.8 Å². The molecule has 4 heteroatoms. The topological polar surface area (TPSA) is 64.1 Å². The summed E-state index contributed by atoms with van der Waals surface area (Å²) in [6.07, 6.45) is 0.702. The fraction of sp³-hybridized carbons (Fsp3) is 0.500. The minimum absolute atomic E-state index is 0.0802. The summed E-state index contributed by atoms with van der Waals surface area (Å²) in [6, 6.07) is 8.20.